The van der Waals surface area contributed by atoms with Gasteiger partial charge in [-0.2, -0.15) is 0 Å². The van der Waals surface area contributed by atoms with Crippen molar-refractivity contribution < 1.29 is 17.6 Å². The van der Waals surface area contributed by atoms with Gasteiger partial charge < -0.3 is 0 Å². The van der Waals surface area contributed by atoms with E-state index in [1.165, 1.54) is 0 Å². The Bertz CT molecular complexity index is 120. The van der Waals surface area contributed by atoms with Gasteiger partial charge in [-0.1, -0.05) is 0 Å². The van der Waals surface area contributed by atoms with E-state index in [0.29, 0.717) is 0 Å². The Morgan fingerprint density at radius 2 is 1.89 bits per heavy atom. The Morgan fingerprint density at radius 3 is 2.00 bits per heavy atom. The Labute approximate surface area is 57.7 Å². The Morgan fingerprint density at radius 1 is 1.44 bits per heavy atom. The third-order valence-electron chi connectivity index (χ3n) is 0.568. The van der Waals surface area contributed by atoms with Crippen molar-refractivity contribution in [2.75, 3.05) is 6.67 Å². The first-order valence-corrected chi connectivity index (χ1v) is 2.89. The molecule has 0 aromatic carbocycles. The van der Waals surface area contributed by atoms with Crippen LogP contribution in [0.3, 0.4) is 0 Å². The van der Waals surface area contributed by atoms with E-state index in [1.54, 1.807) is 0 Å². The second kappa shape index (κ2) is 3.87. The SMILES string of the molecule is FC/C(F)=C(/F)C(F)Br. The largest absolute Gasteiger partial charge is 0.243 e. The number of alkyl halides is 3. The Balaban J connectivity index is 4.10. The highest BCUT2D eigenvalue weighted by atomic mass is 79.9. The zero-order valence-electron chi connectivity index (χ0n) is 4.17. The zero-order chi connectivity index (χ0) is 7.44. The summed E-state index contributed by atoms with van der Waals surface area (Å²) in [5.41, 5.74) is 0. The smallest absolute Gasteiger partial charge is 0.208 e. The fraction of sp³-hybridized carbons (Fsp3) is 0.500. The lowest BCUT2D eigenvalue weighted by molar-refractivity contribution is 0.375. The standard InChI is InChI=1S/C4H3BrF4/c5-4(9)3(8)2(7)1-6/h4H,1H2/b3-2-. The summed E-state index contributed by atoms with van der Waals surface area (Å²) >= 11 is 2.07. The van der Waals surface area contributed by atoms with Crippen LogP contribution in [-0.2, 0) is 0 Å². The maximum atomic E-state index is 11.8. The fourth-order valence-electron chi connectivity index (χ4n) is 0.182. The van der Waals surface area contributed by atoms with Crippen LogP contribution in [0.4, 0.5) is 17.6 Å². The Kier molecular flexibility index (Phi) is 3.84. The van der Waals surface area contributed by atoms with E-state index in [9.17, 15) is 17.6 Å². The molecule has 0 aliphatic heterocycles. The summed E-state index contributed by atoms with van der Waals surface area (Å²) in [6.07, 6.45) is 0. The molecule has 1 atom stereocenters. The van der Waals surface area contributed by atoms with Gasteiger partial charge in [0.2, 0.25) is 5.08 Å². The van der Waals surface area contributed by atoms with Gasteiger partial charge >= 0.3 is 0 Å². The predicted molar refractivity (Wildman–Crippen MR) is 29.0 cm³/mol. The van der Waals surface area contributed by atoms with Crippen LogP contribution < -0.4 is 0 Å². The van der Waals surface area contributed by atoms with Gasteiger partial charge in [0.1, 0.15) is 6.67 Å². The molecule has 0 aliphatic rings. The minimum Gasteiger partial charge on any atom is -0.243 e. The molecule has 0 aromatic heterocycles. The highest BCUT2D eigenvalue weighted by molar-refractivity contribution is 9.09. The van der Waals surface area contributed by atoms with Gasteiger partial charge in [0.25, 0.3) is 0 Å². The normalized spacial score (nSPS) is 17.0. The van der Waals surface area contributed by atoms with Gasteiger partial charge in [-0.3, -0.25) is 0 Å². The summed E-state index contributed by atoms with van der Waals surface area (Å²) in [5.74, 6) is -3.45. The van der Waals surface area contributed by atoms with Gasteiger partial charge in [-0.05, 0) is 15.9 Å². The molecule has 9 heavy (non-hydrogen) atoms. The van der Waals surface area contributed by atoms with Crippen molar-refractivity contribution >= 4 is 15.9 Å². The summed E-state index contributed by atoms with van der Waals surface area (Å²) in [7, 11) is 0. The minimum absolute atomic E-state index is 1.61. The van der Waals surface area contributed by atoms with Gasteiger partial charge in [-0.25, -0.2) is 17.6 Å². The predicted octanol–water partition coefficient (Wildman–Crippen LogP) is 2.80. The lowest BCUT2D eigenvalue weighted by Gasteiger charge is -1.94. The van der Waals surface area contributed by atoms with E-state index in [-0.39, 0.29) is 0 Å². The van der Waals surface area contributed by atoms with Gasteiger partial charge in [0, 0.05) is 0 Å². The quantitative estimate of drug-likeness (QED) is 0.482. The number of hydrogen-bond acceptors (Lipinski definition) is 0. The van der Waals surface area contributed by atoms with Crippen LogP contribution in [0, 0.1) is 0 Å². The molecule has 54 valence electrons. The van der Waals surface area contributed by atoms with E-state index in [4.69, 9.17) is 0 Å². The molecule has 0 radical (unpaired) electrons. The number of hydrogen-bond donors (Lipinski definition) is 0. The molecule has 0 saturated heterocycles. The average molecular weight is 207 g/mol. The summed E-state index contributed by atoms with van der Waals surface area (Å²) in [5, 5.41) is -2.24. The summed E-state index contributed by atoms with van der Waals surface area (Å²) < 4.78 is 46.1. The first kappa shape index (κ1) is 8.94. The molecule has 0 nitrogen and oxygen atoms in total. The van der Waals surface area contributed by atoms with E-state index >= 15 is 0 Å². The molecular formula is C4H3BrF4. The minimum atomic E-state index is -2.24. The highest BCUT2D eigenvalue weighted by Gasteiger charge is 2.13. The third kappa shape index (κ3) is 2.84. The number of halogens is 5. The van der Waals surface area contributed by atoms with Crippen LogP contribution in [0.15, 0.2) is 11.7 Å². The fourth-order valence-corrected chi connectivity index (χ4v) is 0.431. The van der Waals surface area contributed by atoms with Crippen LogP contribution in [0.2, 0.25) is 0 Å². The molecule has 0 fully saturated rings. The molecule has 0 aliphatic carbocycles. The molecule has 0 rings (SSSR count). The maximum Gasteiger partial charge on any atom is 0.208 e. The van der Waals surface area contributed by atoms with Crippen molar-refractivity contribution in [1.82, 2.24) is 0 Å². The number of rotatable bonds is 2. The maximum absolute atomic E-state index is 11.8. The summed E-state index contributed by atoms with van der Waals surface area (Å²) in [4.78, 5) is 0. The zero-order valence-corrected chi connectivity index (χ0v) is 5.76. The van der Waals surface area contributed by atoms with Gasteiger partial charge in [0.05, 0.1) is 0 Å². The van der Waals surface area contributed by atoms with Crippen molar-refractivity contribution in [3.63, 3.8) is 0 Å². The van der Waals surface area contributed by atoms with Gasteiger partial charge in [-0.15, -0.1) is 0 Å². The number of allylic oxidation sites excluding steroid dienone is 2. The first-order valence-electron chi connectivity index (χ1n) is 1.97. The van der Waals surface area contributed by atoms with Crippen molar-refractivity contribution in [2.24, 2.45) is 0 Å². The van der Waals surface area contributed by atoms with Crippen molar-refractivity contribution in [2.45, 2.75) is 5.08 Å². The van der Waals surface area contributed by atoms with Crippen molar-refractivity contribution in [3.05, 3.63) is 11.7 Å². The molecule has 1 unspecified atom stereocenters. The highest BCUT2D eigenvalue weighted by Crippen LogP contribution is 2.19. The monoisotopic (exact) mass is 206 g/mol. The van der Waals surface area contributed by atoms with Crippen molar-refractivity contribution in [3.8, 4) is 0 Å². The van der Waals surface area contributed by atoms with Crippen LogP contribution >= 0.6 is 15.9 Å². The Hall–Kier alpha value is -0.0600. The third-order valence-corrected chi connectivity index (χ3v) is 0.970. The van der Waals surface area contributed by atoms with E-state index in [1.807, 2.05) is 0 Å². The van der Waals surface area contributed by atoms with Crippen molar-refractivity contribution in [1.29, 1.82) is 0 Å². The second-order valence-corrected chi connectivity index (χ2v) is 1.99. The first-order chi connectivity index (χ1) is 4.09. The second-order valence-electron chi connectivity index (χ2n) is 1.19. The molecule has 0 heterocycles. The molecule has 0 N–H and O–H groups in total. The van der Waals surface area contributed by atoms with E-state index in [0.717, 1.165) is 0 Å². The van der Waals surface area contributed by atoms with E-state index < -0.39 is 23.4 Å². The summed E-state index contributed by atoms with van der Waals surface area (Å²) in [6, 6.07) is 0. The topological polar surface area (TPSA) is 0 Å². The molecule has 0 amide bonds. The lowest BCUT2D eigenvalue weighted by Crippen LogP contribution is -1.92. The molecule has 0 saturated carbocycles. The average Bonchev–Trinajstić information content (AvgIpc) is 1.84. The molecule has 0 aromatic rings. The molecule has 0 bridgehead atoms. The van der Waals surface area contributed by atoms with Gasteiger partial charge in [0.15, 0.2) is 11.7 Å². The van der Waals surface area contributed by atoms with Crippen LogP contribution in [0.1, 0.15) is 0 Å². The van der Waals surface area contributed by atoms with Crippen LogP contribution in [0.5, 0.6) is 0 Å². The van der Waals surface area contributed by atoms with Crippen LogP contribution in [-0.4, -0.2) is 11.8 Å². The van der Waals surface area contributed by atoms with Crippen LogP contribution in [0.25, 0.3) is 0 Å². The molecular weight excluding hydrogens is 204 g/mol. The summed E-state index contributed by atoms with van der Waals surface area (Å²) in [6.45, 7) is -1.61. The lowest BCUT2D eigenvalue weighted by atomic mass is 10.5. The molecule has 0 spiro atoms. The van der Waals surface area contributed by atoms with E-state index in [2.05, 4.69) is 15.9 Å². The molecule has 5 heteroatoms.